The lowest BCUT2D eigenvalue weighted by atomic mass is 10.2. The molecule has 8 nitrogen and oxygen atoms in total. The van der Waals surface area contributed by atoms with Crippen LogP contribution in [0.25, 0.3) is 0 Å². The molecule has 0 aliphatic heterocycles. The molecule has 0 aliphatic rings. The van der Waals surface area contributed by atoms with E-state index < -0.39 is 11.7 Å². The highest BCUT2D eigenvalue weighted by Crippen LogP contribution is 2.27. The monoisotopic (exact) mass is 481 g/mol. The maximum absolute atomic E-state index is 12.1. The van der Waals surface area contributed by atoms with Crippen molar-refractivity contribution in [2.24, 2.45) is 0 Å². The zero-order chi connectivity index (χ0) is 23.7. The second-order valence-corrected chi connectivity index (χ2v) is 8.56. The van der Waals surface area contributed by atoms with Crippen molar-refractivity contribution in [3.05, 3.63) is 52.5 Å². The summed E-state index contributed by atoms with van der Waals surface area (Å²) in [5.74, 6) is -0.294. The number of amides is 3. The Balaban J connectivity index is 1.73. The van der Waals surface area contributed by atoms with Crippen LogP contribution in [0.3, 0.4) is 0 Å². The predicted molar refractivity (Wildman–Crippen MR) is 125 cm³/mol. The molecule has 3 amide bonds. The SMILES string of the molecule is CC(C)(C)OC(=O)NCCC(=O)Nc1ccc(NC(=O)COc2ccc(Cl)cc2Cl)cc1. The summed E-state index contributed by atoms with van der Waals surface area (Å²) in [5, 5.41) is 8.69. The van der Waals surface area contributed by atoms with Crippen molar-refractivity contribution in [2.45, 2.75) is 32.8 Å². The van der Waals surface area contributed by atoms with Gasteiger partial charge in [0.25, 0.3) is 5.91 Å². The van der Waals surface area contributed by atoms with E-state index in [1.807, 2.05) is 0 Å². The largest absolute Gasteiger partial charge is 0.482 e. The van der Waals surface area contributed by atoms with Crippen LogP contribution < -0.4 is 20.7 Å². The molecule has 0 bridgehead atoms. The highest BCUT2D eigenvalue weighted by atomic mass is 35.5. The third-order valence-corrected chi connectivity index (χ3v) is 4.26. The highest BCUT2D eigenvalue weighted by molar-refractivity contribution is 6.35. The molecule has 0 atom stereocenters. The third kappa shape index (κ3) is 9.45. The first-order valence-electron chi connectivity index (χ1n) is 9.76. The van der Waals surface area contributed by atoms with Crippen molar-refractivity contribution in [1.29, 1.82) is 0 Å². The maximum Gasteiger partial charge on any atom is 0.407 e. The Morgan fingerprint density at radius 2 is 1.50 bits per heavy atom. The lowest BCUT2D eigenvalue weighted by Crippen LogP contribution is -2.34. The number of benzene rings is 2. The molecule has 0 aliphatic carbocycles. The van der Waals surface area contributed by atoms with Crippen LogP contribution in [0.1, 0.15) is 27.2 Å². The van der Waals surface area contributed by atoms with Crippen molar-refractivity contribution in [1.82, 2.24) is 5.32 Å². The van der Waals surface area contributed by atoms with Gasteiger partial charge in [0.15, 0.2) is 6.61 Å². The molecule has 0 fully saturated rings. The van der Waals surface area contributed by atoms with Gasteiger partial charge in [-0.15, -0.1) is 0 Å². The van der Waals surface area contributed by atoms with Crippen LogP contribution in [-0.4, -0.2) is 36.7 Å². The molecule has 0 aromatic heterocycles. The zero-order valence-electron chi connectivity index (χ0n) is 18.0. The molecule has 10 heteroatoms. The average molecular weight is 482 g/mol. The van der Waals surface area contributed by atoms with E-state index in [0.717, 1.165) is 0 Å². The zero-order valence-corrected chi connectivity index (χ0v) is 19.5. The number of nitrogens with one attached hydrogen (secondary N) is 3. The minimum Gasteiger partial charge on any atom is -0.482 e. The van der Waals surface area contributed by atoms with E-state index >= 15 is 0 Å². The van der Waals surface area contributed by atoms with Crippen molar-refractivity contribution in [2.75, 3.05) is 23.8 Å². The van der Waals surface area contributed by atoms with Gasteiger partial charge < -0.3 is 25.4 Å². The normalized spacial score (nSPS) is 10.8. The number of carbonyl (C=O) groups is 3. The van der Waals surface area contributed by atoms with E-state index in [1.54, 1.807) is 57.2 Å². The van der Waals surface area contributed by atoms with Crippen LogP contribution in [0.5, 0.6) is 5.75 Å². The number of rotatable bonds is 8. The van der Waals surface area contributed by atoms with Gasteiger partial charge >= 0.3 is 6.09 Å². The molecule has 0 radical (unpaired) electrons. The molecule has 2 aromatic rings. The summed E-state index contributed by atoms with van der Waals surface area (Å²) in [5.41, 5.74) is 0.485. The fraction of sp³-hybridized carbons (Fsp3) is 0.318. The van der Waals surface area contributed by atoms with Crippen LogP contribution in [0.15, 0.2) is 42.5 Å². The van der Waals surface area contributed by atoms with Gasteiger partial charge in [-0.3, -0.25) is 9.59 Å². The fourth-order valence-corrected chi connectivity index (χ4v) is 2.85. The number of ether oxygens (including phenoxy) is 2. The maximum atomic E-state index is 12.1. The molecular formula is C22H25Cl2N3O5. The molecular weight excluding hydrogens is 457 g/mol. The van der Waals surface area contributed by atoms with Gasteiger partial charge in [0.1, 0.15) is 11.4 Å². The number of anilines is 2. The Bertz CT molecular complexity index is 959. The van der Waals surface area contributed by atoms with Crippen LogP contribution >= 0.6 is 23.2 Å². The molecule has 0 saturated carbocycles. The number of carbonyl (C=O) groups excluding carboxylic acids is 3. The van der Waals surface area contributed by atoms with Crippen molar-refractivity contribution < 1.29 is 23.9 Å². The Kier molecular flexibility index (Phi) is 9.16. The van der Waals surface area contributed by atoms with Gasteiger partial charge in [-0.25, -0.2) is 4.79 Å². The summed E-state index contributed by atoms with van der Waals surface area (Å²) in [6.45, 7) is 5.19. The van der Waals surface area contributed by atoms with E-state index in [9.17, 15) is 14.4 Å². The number of alkyl carbamates (subject to hydrolysis) is 1. The first-order chi connectivity index (χ1) is 15.0. The molecule has 2 rings (SSSR count). The third-order valence-electron chi connectivity index (χ3n) is 3.73. The Morgan fingerprint density at radius 3 is 2.06 bits per heavy atom. The number of hydrogen-bond acceptors (Lipinski definition) is 5. The van der Waals surface area contributed by atoms with E-state index in [1.165, 1.54) is 6.07 Å². The van der Waals surface area contributed by atoms with E-state index in [-0.39, 0.29) is 31.4 Å². The molecule has 172 valence electrons. The van der Waals surface area contributed by atoms with Gasteiger partial charge in [-0.1, -0.05) is 23.2 Å². The minimum absolute atomic E-state index is 0.0856. The summed E-state index contributed by atoms with van der Waals surface area (Å²) in [7, 11) is 0. The molecule has 3 N–H and O–H groups in total. The smallest absolute Gasteiger partial charge is 0.407 e. The van der Waals surface area contributed by atoms with Gasteiger partial charge in [0.2, 0.25) is 5.91 Å². The number of halogens is 2. The highest BCUT2D eigenvalue weighted by Gasteiger charge is 2.16. The quantitative estimate of drug-likeness (QED) is 0.498. The predicted octanol–water partition coefficient (Wildman–Crippen LogP) is 4.86. The molecule has 0 unspecified atom stereocenters. The lowest BCUT2D eigenvalue weighted by molar-refractivity contribution is -0.118. The molecule has 32 heavy (non-hydrogen) atoms. The van der Waals surface area contributed by atoms with E-state index in [2.05, 4.69) is 16.0 Å². The Hall–Kier alpha value is -2.97. The van der Waals surface area contributed by atoms with Crippen LogP contribution in [0, 0.1) is 0 Å². The van der Waals surface area contributed by atoms with Gasteiger partial charge in [0, 0.05) is 29.4 Å². The van der Waals surface area contributed by atoms with Gasteiger partial charge in [-0.2, -0.15) is 0 Å². The molecule has 2 aromatic carbocycles. The topological polar surface area (TPSA) is 106 Å². The summed E-state index contributed by atoms with van der Waals surface area (Å²) >= 11 is 11.8. The second-order valence-electron chi connectivity index (χ2n) is 7.72. The average Bonchev–Trinajstić information content (AvgIpc) is 2.67. The minimum atomic E-state index is -0.599. The molecule has 0 saturated heterocycles. The fourth-order valence-electron chi connectivity index (χ4n) is 2.39. The van der Waals surface area contributed by atoms with Crippen molar-refractivity contribution in [3.8, 4) is 5.75 Å². The van der Waals surface area contributed by atoms with E-state index in [0.29, 0.717) is 27.2 Å². The summed E-state index contributed by atoms with van der Waals surface area (Å²) in [6.07, 6.45) is -0.491. The van der Waals surface area contributed by atoms with Crippen molar-refractivity contribution >= 4 is 52.5 Å². The summed E-state index contributed by atoms with van der Waals surface area (Å²) in [4.78, 5) is 35.6. The van der Waals surface area contributed by atoms with Crippen molar-refractivity contribution in [3.63, 3.8) is 0 Å². The lowest BCUT2D eigenvalue weighted by Gasteiger charge is -2.19. The molecule has 0 heterocycles. The first-order valence-corrected chi connectivity index (χ1v) is 10.5. The van der Waals surface area contributed by atoms with Crippen LogP contribution in [-0.2, 0) is 14.3 Å². The first kappa shape index (κ1) is 25.3. The summed E-state index contributed by atoms with van der Waals surface area (Å²) in [6, 6.07) is 11.3. The van der Waals surface area contributed by atoms with Gasteiger partial charge in [0.05, 0.1) is 5.02 Å². The number of hydrogen-bond donors (Lipinski definition) is 3. The Morgan fingerprint density at radius 1 is 0.906 bits per heavy atom. The second kappa shape index (κ2) is 11.6. The Labute approximate surface area is 196 Å². The molecule has 0 spiro atoms. The van der Waals surface area contributed by atoms with Gasteiger partial charge in [-0.05, 0) is 63.2 Å². The summed E-state index contributed by atoms with van der Waals surface area (Å²) < 4.78 is 10.5. The standard InChI is InChI=1S/C22H25Cl2N3O5/c1-22(2,3)32-21(30)25-11-10-19(28)26-15-5-7-16(8-6-15)27-20(29)13-31-18-9-4-14(23)12-17(18)24/h4-9,12H,10-11,13H2,1-3H3,(H,25,30)(H,26,28)(H,27,29). The van der Waals surface area contributed by atoms with Crippen LogP contribution in [0.4, 0.5) is 16.2 Å². The van der Waals surface area contributed by atoms with Crippen LogP contribution in [0.2, 0.25) is 10.0 Å². The van der Waals surface area contributed by atoms with E-state index in [4.69, 9.17) is 32.7 Å².